The standard InChI is InChI=1S/C10H20N2/c1-9(6-7-11)12(5)8-10(2,3)4/h9H,6,8H2,1-5H3. The summed E-state index contributed by atoms with van der Waals surface area (Å²) in [5, 5.41) is 8.51. The minimum Gasteiger partial charge on any atom is -0.302 e. The van der Waals surface area contributed by atoms with Crippen LogP contribution in [0, 0.1) is 16.7 Å². The molecule has 2 nitrogen and oxygen atoms in total. The van der Waals surface area contributed by atoms with Crippen LogP contribution in [0.5, 0.6) is 0 Å². The van der Waals surface area contributed by atoms with Gasteiger partial charge in [-0.25, -0.2) is 0 Å². The molecule has 0 saturated heterocycles. The van der Waals surface area contributed by atoms with Gasteiger partial charge in [0.15, 0.2) is 0 Å². The fourth-order valence-electron chi connectivity index (χ4n) is 1.19. The molecular formula is C10H20N2. The Bertz CT molecular complexity index is 162. The van der Waals surface area contributed by atoms with Crippen LogP contribution >= 0.6 is 0 Å². The number of nitriles is 1. The highest BCUT2D eigenvalue weighted by atomic mass is 15.1. The first-order chi connectivity index (χ1) is 5.37. The van der Waals surface area contributed by atoms with Crippen molar-refractivity contribution in [2.45, 2.75) is 40.2 Å². The fourth-order valence-corrected chi connectivity index (χ4v) is 1.19. The molecule has 0 saturated carbocycles. The second-order valence-corrected chi connectivity index (χ2v) is 4.69. The molecule has 0 radical (unpaired) electrons. The van der Waals surface area contributed by atoms with E-state index in [0.717, 1.165) is 6.54 Å². The Balaban J connectivity index is 3.88. The molecule has 0 aromatic carbocycles. The molecule has 1 atom stereocenters. The highest BCUT2D eigenvalue weighted by molar-refractivity contribution is 4.80. The monoisotopic (exact) mass is 168 g/mol. The highest BCUT2D eigenvalue weighted by Gasteiger charge is 2.16. The molecule has 70 valence electrons. The second-order valence-electron chi connectivity index (χ2n) is 4.69. The number of nitrogens with zero attached hydrogens (tertiary/aromatic N) is 2. The third-order valence-corrected chi connectivity index (χ3v) is 1.86. The van der Waals surface area contributed by atoms with Gasteiger partial charge in [0.05, 0.1) is 12.5 Å². The first kappa shape index (κ1) is 11.4. The van der Waals surface area contributed by atoms with E-state index >= 15 is 0 Å². The van der Waals surface area contributed by atoms with Gasteiger partial charge in [-0.05, 0) is 19.4 Å². The van der Waals surface area contributed by atoms with E-state index in [1.807, 2.05) is 0 Å². The van der Waals surface area contributed by atoms with Crippen LogP contribution in [0.3, 0.4) is 0 Å². The van der Waals surface area contributed by atoms with Crippen molar-refractivity contribution in [2.75, 3.05) is 13.6 Å². The van der Waals surface area contributed by atoms with Gasteiger partial charge >= 0.3 is 0 Å². The molecule has 0 fully saturated rings. The quantitative estimate of drug-likeness (QED) is 0.646. The van der Waals surface area contributed by atoms with Crippen molar-refractivity contribution in [3.63, 3.8) is 0 Å². The molecule has 0 bridgehead atoms. The van der Waals surface area contributed by atoms with Crippen LogP contribution in [0.15, 0.2) is 0 Å². The smallest absolute Gasteiger partial charge is 0.0638 e. The van der Waals surface area contributed by atoms with Gasteiger partial charge in [-0.2, -0.15) is 5.26 Å². The van der Waals surface area contributed by atoms with E-state index < -0.39 is 0 Å². The van der Waals surface area contributed by atoms with Gasteiger partial charge < -0.3 is 4.90 Å². The zero-order valence-electron chi connectivity index (χ0n) is 8.89. The predicted molar refractivity (Wildman–Crippen MR) is 51.8 cm³/mol. The third kappa shape index (κ3) is 5.15. The maximum Gasteiger partial charge on any atom is 0.0638 e. The lowest BCUT2D eigenvalue weighted by Gasteiger charge is -2.30. The van der Waals surface area contributed by atoms with Gasteiger partial charge in [0, 0.05) is 12.6 Å². The van der Waals surface area contributed by atoms with Crippen LogP contribution in [0.25, 0.3) is 0 Å². The lowest BCUT2D eigenvalue weighted by Crippen LogP contribution is -2.35. The van der Waals surface area contributed by atoms with Crippen LogP contribution in [0.4, 0.5) is 0 Å². The van der Waals surface area contributed by atoms with Gasteiger partial charge in [0.25, 0.3) is 0 Å². The number of hydrogen-bond donors (Lipinski definition) is 0. The highest BCUT2D eigenvalue weighted by Crippen LogP contribution is 2.16. The zero-order valence-corrected chi connectivity index (χ0v) is 8.89. The summed E-state index contributed by atoms with van der Waals surface area (Å²) in [6.07, 6.45) is 0.618. The van der Waals surface area contributed by atoms with Crippen LogP contribution in [0.1, 0.15) is 34.1 Å². The molecule has 0 aromatic heterocycles. The Morgan fingerprint density at radius 1 is 1.42 bits per heavy atom. The lowest BCUT2D eigenvalue weighted by atomic mass is 9.95. The molecule has 0 aliphatic carbocycles. The Morgan fingerprint density at radius 3 is 2.25 bits per heavy atom. The Labute approximate surface area is 76.2 Å². The van der Waals surface area contributed by atoms with Gasteiger partial charge in [-0.3, -0.25) is 0 Å². The van der Waals surface area contributed by atoms with Crippen molar-refractivity contribution in [3.8, 4) is 6.07 Å². The van der Waals surface area contributed by atoms with E-state index in [4.69, 9.17) is 5.26 Å². The van der Waals surface area contributed by atoms with Crippen molar-refractivity contribution >= 4 is 0 Å². The summed E-state index contributed by atoms with van der Waals surface area (Å²) in [4.78, 5) is 2.24. The Hall–Kier alpha value is -0.550. The van der Waals surface area contributed by atoms with Gasteiger partial charge in [-0.1, -0.05) is 20.8 Å². The van der Waals surface area contributed by atoms with E-state index in [0.29, 0.717) is 17.9 Å². The fraction of sp³-hybridized carbons (Fsp3) is 0.900. The van der Waals surface area contributed by atoms with E-state index in [2.05, 4.69) is 45.7 Å². The molecule has 0 amide bonds. The summed E-state index contributed by atoms with van der Waals surface area (Å²) in [6, 6.07) is 2.56. The SMILES string of the molecule is CC(CC#N)N(C)CC(C)(C)C. The molecular weight excluding hydrogens is 148 g/mol. The molecule has 0 N–H and O–H groups in total. The predicted octanol–water partition coefficient (Wildman–Crippen LogP) is 2.27. The largest absolute Gasteiger partial charge is 0.302 e. The molecule has 0 spiro atoms. The van der Waals surface area contributed by atoms with Crippen LogP contribution in [0.2, 0.25) is 0 Å². The second kappa shape index (κ2) is 4.47. The van der Waals surface area contributed by atoms with Gasteiger partial charge in [0.1, 0.15) is 0 Å². The minimum atomic E-state index is 0.318. The van der Waals surface area contributed by atoms with E-state index in [-0.39, 0.29) is 0 Å². The topological polar surface area (TPSA) is 27.0 Å². The summed E-state index contributed by atoms with van der Waals surface area (Å²) in [6.45, 7) is 9.76. The van der Waals surface area contributed by atoms with Crippen molar-refractivity contribution in [2.24, 2.45) is 5.41 Å². The normalized spacial score (nSPS) is 14.4. The first-order valence-corrected chi connectivity index (χ1v) is 4.44. The van der Waals surface area contributed by atoms with E-state index in [1.54, 1.807) is 0 Å². The lowest BCUT2D eigenvalue weighted by molar-refractivity contribution is 0.183. The minimum absolute atomic E-state index is 0.318. The van der Waals surface area contributed by atoms with Crippen molar-refractivity contribution < 1.29 is 0 Å². The summed E-state index contributed by atoms with van der Waals surface area (Å²) in [5.41, 5.74) is 0.318. The maximum atomic E-state index is 8.51. The van der Waals surface area contributed by atoms with Crippen molar-refractivity contribution in [1.82, 2.24) is 4.90 Å². The summed E-state index contributed by atoms with van der Waals surface area (Å²) >= 11 is 0. The molecule has 0 rings (SSSR count). The average molecular weight is 168 g/mol. The first-order valence-electron chi connectivity index (χ1n) is 4.44. The van der Waals surface area contributed by atoms with Gasteiger partial charge in [0.2, 0.25) is 0 Å². The van der Waals surface area contributed by atoms with E-state index in [9.17, 15) is 0 Å². The molecule has 0 heterocycles. The summed E-state index contributed by atoms with van der Waals surface area (Å²) < 4.78 is 0. The molecule has 12 heavy (non-hydrogen) atoms. The van der Waals surface area contributed by atoms with Crippen LogP contribution in [-0.2, 0) is 0 Å². The molecule has 2 heteroatoms. The molecule has 0 aromatic rings. The third-order valence-electron chi connectivity index (χ3n) is 1.86. The van der Waals surface area contributed by atoms with E-state index in [1.165, 1.54) is 0 Å². The Kier molecular flexibility index (Phi) is 4.26. The van der Waals surface area contributed by atoms with Crippen LogP contribution < -0.4 is 0 Å². The van der Waals surface area contributed by atoms with Crippen molar-refractivity contribution in [1.29, 1.82) is 5.26 Å². The molecule has 1 unspecified atom stereocenters. The number of rotatable bonds is 3. The zero-order chi connectivity index (χ0) is 9.78. The Morgan fingerprint density at radius 2 is 1.92 bits per heavy atom. The van der Waals surface area contributed by atoms with Crippen LogP contribution in [-0.4, -0.2) is 24.5 Å². The molecule has 0 aliphatic rings. The van der Waals surface area contributed by atoms with Gasteiger partial charge in [-0.15, -0.1) is 0 Å². The summed E-state index contributed by atoms with van der Waals surface area (Å²) in [5.74, 6) is 0. The maximum absolute atomic E-state index is 8.51. The summed E-state index contributed by atoms with van der Waals surface area (Å²) in [7, 11) is 2.08. The van der Waals surface area contributed by atoms with Crippen molar-refractivity contribution in [3.05, 3.63) is 0 Å². The molecule has 0 aliphatic heterocycles. The average Bonchev–Trinajstić information content (AvgIpc) is 1.84. The number of hydrogen-bond acceptors (Lipinski definition) is 2.